The van der Waals surface area contributed by atoms with Gasteiger partial charge in [-0.3, -0.25) is 19.2 Å². The van der Waals surface area contributed by atoms with Gasteiger partial charge >= 0.3 is 5.97 Å². The molecule has 5 rings (SSSR count). The zero-order valence-corrected chi connectivity index (χ0v) is 31.7. The molecule has 0 aliphatic heterocycles. The van der Waals surface area contributed by atoms with Crippen LogP contribution in [0.5, 0.6) is 11.5 Å². The number of aldehydes is 1. The molecule has 2 aromatic rings. The average Bonchev–Trinajstić information content (AvgIpc) is 3.57. The van der Waals surface area contributed by atoms with Crippen LogP contribution in [0.15, 0.2) is 27.8 Å². The largest absolute Gasteiger partial charge is 0.507 e. The molecule has 10 nitrogen and oxygen atoms in total. The third kappa shape index (κ3) is 6.25. The first kappa shape index (κ1) is 39.2. The van der Waals surface area contributed by atoms with Crippen LogP contribution in [0.25, 0.3) is 11.8 Å². The van der Waals surface area contributed by atoms with Crippen molar-refractivity contribution < 1.29 is 39.9 Å². The Morgan fingerprint density at radius 3 is 2.00 bits per heavy atom. The second-order valence-corrected chi connectivity index (χ2v) is 16.7. The molecule has 0 spiro atoms. The molecule has 10 heteroatoms. The summed E-state index contributed by atoms with van der Waals surface area (Å²) in [6.45, 7) is 16.5. The highest BCUT2D eigenvalue weighted by Crippen LogP contribution is 2.63. The summed E-state index contributed by atoms with van der Waals surface area (Å²) in [5, 5.41) is 57.6. The van der Waals surface area contributed by atoms with Crippen LogP contribution < -0.4 is 10.9 Å². The van der Waals surface area contributed by atoms with E-state index in [0.717, 1.165) is 18.6 Å². The van der Waals surface area contributed by atoms with Crippen molar-refractivity contribution in [3.8, 4) is 11.5 Å². The number of hydrogen-bond donors (Lipinski definition) is 5. The Bertz CT molecular complexity index is 1930. The maximum absolute atomic E-state index is 13.4. The first-order valence-corrected chi connectivity index (χ1v) is 18.4. The smallest absolute Gasteiger partial charge is 0.303 e. The molecule has 0 bridgehead atoms. The fourth-order valence-electron chi connectivity index (χ4n) is 10.2. The summed E-state index contributed by atoms with van der Waals surface area (Å²) in [5.74, 6) is -2.60. The fraction of sp³-hybridized carbons (Fsp3) is 0.571. The molecule has 0 aromatic heterocycles. The summed E-state index contributed by atoms with van der Waals surface area (Å²) in [6, 6.07) is 3.80. The third-order valence-corrected chi connectivity index (χ3v) is 13.1. The Balaban J connectivity index is 1.80. The standard InChI is InChI=1S/C42H54O10/c1-19(2)26-10-12-41(8,32(18-43)52-23(7)44)35(26)28-14-24(15-30(46)37(48)21(28)5)29(45)16-25-17-31(47)38(49)22(6)33-34(25)39(50)40(51)42(9)13-11-27(20(3)4)36(33)42/h14-20,26-27,32,35-36,39-40,45,50-51H,10-13H2,1-9H3,(H,46,48)(H,47,49). The van der Waals surface area contributed by atoms with Gasteiger partial charge in [0, 0.05) is 29.4 Å². The molecule has 2 saturated carbocycles. The lowest BCUT2D eigenvalue weighted by atomic mass is 9.60. The van der Waals surface area contributed by atoms with Gasteiger partial charge < -0.3 is 30.3 Å². The van der Waals surface area contributed by atoms with Crippen molar-refractivity contribution in [1.82, 2.24) is 0 Å². The number of aromatic hydroxyl groups is 2. The first-order valence-electron chi connectivity index (χ1n) is 18.4. The molecule has 3 aliphatic carbocycles. The maximum Gasteiger partial charge on any atom is 0.303 e. The molecule has 0 heterocycles. The van der Waals surface area contributed by atoms with Crippen molar-refractivity contribution in [3.63, 3.8) is 0 Å². The van der Waals surface area contributed by atoms with Gasteiger partial charge in [-0.1, -0.05) is 41.5 Å². The van der Waals surface area contributed by atoms with Crippen molar-refractivity contribution >= 4 is 24.1 Å². The number of carbonyl (C=O) groups is 2. The molecule has 2 aromatic carbocycles. The van der Waals surface area contributed by atoms with Crippen LogP contribution in [-0.4, -0.2) is 50.0 Å². The Labute approximate surface area is 305 Å². The molecular weight excluding hydrogens is 664 g/mol. The Hall–Kier alpha value is -4.02. The number of rotatable bonds is 8. The second-order valence-electron chi connectivity index (χ2n) is 16.7. The van der Waals surface area contributed by atoms with E-state index in [4.69, 9.17) is 4.74 Å². The normalized spacial score (nSPS) is 30.6. The molecule has 3 aliphatic rings. The van der Waals surface area contributed by atoms with Gasteiger partial charge in [-0.05, 0) is 127 Å². The van der Waals surface area contributed by atoms with Crippen molar-refractivity contribution in [1.29, 1.82) is 0 Å². The quantitative estimate of drug-likeness (QED) is 0.118. The summed E-state index contributed by atoms with van der Waals surface area (Å²) >= 11 is 0. The van der Waals surface area contributed by atoms with Gasteiger partial charge in [0.05, 0.1) is 6.10 Å². The molecule has 2 fully saturated rings. The Kier molecular flexibility index (Phi) is 10.6. The van der Waals surface area contributed by atoms with Crippen LogP contribution in [0.1, 0.15) is 131 Å². The molecule has 0 saturated heterocycles. The number of aliphatic hydroxyl groups is 3. The minimum absolute atomic E-state index is 0.000513. The number of hydrogen-bond acceptors (Lipinski definition) is 10. The van der Waals surface area contributed by atoms with E-state index in [0.29, 0.717) is 42.2 Å². The zero-order chi connectivity index (χ0) is 38.8. The minimum atomic E-state index is -1.46. The van der Waals surface area contributed by atoms with Gasteiger partial charge in [-0.25, -0.2) is 0 Å². The van der Waals surface area contributed by atoms with E-state index in [1.54, 1.807) is 19.9 Å². The van der Waals surface area contributed by atoms with E-state index in [1.165, 1.54) is 13.0 Å². The van der Waals surface area contributed by atoms with Gasteiger partial charge in [0.25, 0.3) is 0 Å². The predicted octanol–water partition coefficient (Wildman–Crippen LogP) is 6.34. The second kappa shape index (κ2) is 14.1. The number of fused-ring (bicyclic) bond motifs is 3. The van der Waals surface area contributed by atoms with Crippen LogP contribution in [0.4, 0.5) is 0 Å². The fourth-order valence-corrected chi connectivity index (χ4v) is 10.2. The van der Waals surface area contributed by atoms with Crippen LogP contribution in [0.2, 0.25) is 0 Å². The number of aliphatic hydroxyl groups excluding tert-OH is 3. The zero-order valence-electron chi connectivity index (χ0n) is 31.7. The highest BCUT2D eigenvalue weighted by molar-refractivity contribution is 5.79. The lowest BCUT2D eigenvalue weighted by molar-refractivity contribution is -0.157. The molecule has 0 radical (unpaired) electrons. The molecular formula is C42H54O10. The lowest BCUT2D eigenvalue weighted by Crippen LogP contribution is -2.45. The topological polar surface area (TPSA) is 179 Å². The Morgan fingerprint density at radius 2 is 1.42 bits per heavy atom. The summed E-state index contributed by atoms with van der Waals surface area (Å²) in [7, 11) is 0. The molecule has 9 unspecified atom stereocenters. The average molecular weight is 719 g/mol. The van der Waals surface area contributed by atoms with Crippen molar-refractivity contribution in [2.75, 3.05) is 0 Å². The monoisotopic (exact) mass is 718 g/mol. The van der Waals surface area contributed by atoms with Crippen LogP contribution in [-0.2, 0) is 14.3 Å². The molecule has 52 heavy (non-hydrogen) atoms. The Morgan fingerprint density at radius 1 is 0.865 bits per heavy atom. The summed E-state index contributed by atoms with van der Waals surface area (Å²) < 4.78 is 5.52. The molecule has 9 atom stereocenters. The van der Waals surface area contributed by atoms with E-state index in [2.05, 4.69) is 13.8 Å². The summed E-state index contributed by atoms with van der Waals surface area (Å²) in [5.41, 5.74) is -1.25. The predicted molar refractivity (Wildman–Crippen MR) is 198 cm³/mol. The highest BCUT2D eigenvalue weighted by atomic mass is 16.5. The van der Waals surface area contributed by atoms with Crippen molar-refractivity contribution in [3.05, 3.63) is 77.6 Å². The van der Waals surface area contributed by atoms with Gasteiger partial charge in [0.15, 0.2) is 23.9 Å². The van der Waals surface area contributed by atoms with E-state index >= 15 is 0 Å². The van der Waals surface area contributed by atoms with Gasteiger partial charge in [0.1, 0.15) is 11.9 Å². The molecule has 282 valence electrons. The number of esters is 1. The van der Waals surface area contributed by atoms with E-state index in [-0.39, 0.29) is 51.8 Å². The number of ether oxygens (including phenoxy) is 1. The number of carbonyl (C=O) groups excluding carboxylic acids is 2. The maximum atomic E-state index is 13.4. The van der Waals surface area contributed by atoms with Crippen LogP contribution in [0, 0.1) is 48.3 Å². The van der Waals surface area contributed by atoms with Gasteiger partial charge in [-0.15, -0.1) is 0 Å². The molecule has 5 N–H and O–H groups in total. The van der Waals surface area contributed by atoms with E-state index in [1.807, 2.05) is 27.7 Å². The first-order chi connectivity index (χ1) is 24.2. The van der Waals surface area contributed by atoms with Crippen molar-refractivity contribution in [2.24, 2.45) is 34.5 Å². The molecule has 0 amide bonds. The lowest BCUT2D eigenvalue weighted by Gasteiger charge is -2.47. The van der Waals surface area contributed by atoms with E-state index < -0.39 is 69.1 Å². The van der Waals surface area contributed by atoms with Gasteiger partial charge in [0.2, 0.25) is 10.9 Å². The third-order valence-electron chi connectivity index (χ3n) is 13.1. The van der Waals surface area contributed by atoms with Crippen LogP contribution in [0.3, 0.4) is 0 Å². The summed E-state index contributed by atoms with van der Waals surface area (Å²) in [6.07, 6.45) is 0.687. The SMILES string of the molecule is CC(=O)OC(C=O)C1(C)CCC(C(C)C)C1c1cc(C(O)=Cc2cc(=O)c(O)c(C)c3c2C(O)C(O)C2(C)CCC(C(C)C)C32)cc(=O)c(O)c1C. The van der Waals surface area contributed by atoms with E-state index in [9.17, 15) is 44.7 Å². The summed E-state index contributed by atoms with van der Waals surface area (Å²) in [4.78, 5) is 51.4. The van der Waals surface area contributed by atoms with Crippen molar-refractivity contribution in [2.45, 2.75) is 118 Å². The van der Waals surface area contributed by atoms with Crippen LogP contribution >= 0.6 is 0 Å². The minimum Gasteiger partial charge on any atom is -0.507 e. The highest BCUT2D eigenvalue weighted by Gasteiger charge is 2.58. The van der Waals surface area contributed by atoms with Gasteiger partial charge in [-0.2, -0.15) is 0 Å².